The number of amides is 1. The van der Waals surface area contributed by atoms with Crippen molar-refractivity contribution >= 4 is 50.7 Å². The Morgan fingerprint density at radius 3 is 2.70 bits per heavy atom. The zero-order chi connectivity index (χ0) is 22.8. The Labute approximate surface area is 196 Å². The smallest absolute Gasteiger partial charge is 0.263 e. The molecule has 1 N–H and O–H groups in total. The van der Waals surface area contributed by atoms with Crippen LogP contribution in [0.25, 0.3) is 16.7 Å². The van der Waals surface area contributed by atoms with Crippen LogP contribution in [0.2, 0.25) is 0 Å². The van der Waals surface area contributed by atoms with E-state index in [1.165, 1.54) is 23.1 Å². The molecule has 0 radical (unpaired) electrons. The zero-order valence-corrected chi connectivity index (χ0v) is 18.8. The predicted octanol–water partition coefficient (Wildman–Crippen LogP) is 3.76. The maximum atomic E-state index is 13.2. The number of hydrogen-bond donors (Lipinski definition) is 1. The van der Waals surface area contributed by atoms with Crippen LogP contribution in [-0.2, 0) is 11.3 Å². The number of carbonyl (C=O) groups excluding carboxylic acids is 1. The van der Waals surface area contributed by atoms with Gasteiger partial charge >= 0.3 is 0 Å². The minimum atomic E-state index is -0.252. The lowest BCUT2D eigenvalue weighted by atomic mass is 10.2. The molecule has 0 atom stereocenters. The van der Waals surface area contributed by atoms with Crippen molar-refractivity contribution in [3.05, 3.63) is 87.5 Å². The first-order chi connectivity index (χ1) is 16.2. The minimum Gasteiger partial charge on any atom is -0.316 e. The molecule has 2 aromatic carbocycles. The second kappa shape index (κ2) is 8.90. The molecule has 0 aliphatic carbocycles. The molecule has 5 rings (SSSR count). The summed E-state index contributed by atoms with van der Waals surface area (Å²) in [5.74, 6) is 0.239. The highest BCUT2D eigenvalue weighted by Crippen LogP contribution is 2.25. The summed E-state index contributed by atoms with van der Waals surface area (Å²) in [7, 11) is 0. The normalized spacial score (nSPS) is 11.0. The molecule has 162 valence electrons. The van der Waals surface area contributed by atoms with Gasteiger partial charge in [-0.15, -0.1) is 21.5 Å². The summed E-state index contributed by atoms with van der Waals surface area (Å²) in [6.07, 6.45) is 0. The van der Waals surface area contributed by atoms with Gasteiger partial charge in [-0.1, -0.05) is 54.2 Å². The first-order valence-electron chi connectivity index (χ1n) is 9.96. The van der Waals surface area contributed by atoms with Gasteiger partial charge in [0, 0.05) is 0 Å². The average molecular weight is 473 g/mol. The molecule has 0 aliphatic rings. The van der Waals surface area contributed by atoms with Crippen molar-refractivity contribution in [3.63, 3.8) is 0 Å². The Bertz CT molecular complexity index is 1580. The van der Waals surface area contributed by atoms with Gasteiger partial charge in [-0.3, -0.25) is 18.6 Å². The van der Waals surface area contributed by atoms with E-state index in [1.54, 1.807) is 22.1 Å². The molecule has 0 unspecified atom stereocenters. The van der Waals surface area contributed by atoms with Crippen LogP contribution in [0.3, 0.4) is 0 Å². The standard InChI is InChI=1S/C23H16N6O2S2/c24-12-16-10-11-32-20(16)25-19(30)14-33-23-27-26-22-28(13-15-6-2-1-3-7-15)21(31)17-8-4-5-9-18(17)29(22)23/h1-11H,13-14H2,(H,25,30). The van der Waals surface area contributed by atoms with E-state index in [9.17, 15) is 9.59 Å². The van der Waals surface area contributed by atoms with Crippen LogP contribution < -0.4 is 10.9 Å². The SMILES string of the molecule is N#Cc1ccsc1NC(=O)CSc1nnc2n(Cc3ccccc3)c(=O)c3ccccc3n12. The number of para-hydroxylation sites is 1. The molecular formula is C23H16N6O2S2. The fourth-order valence-electron chi connectivity index (χ4n) is 3.52. The monoisotopic (exact) mass is 472 g/mol. The minimum absolute atomic E-state index is 0.0791. The summed E-state index contributed by atoms with van der Waals surface area (Å²) in [5, 5.41) is 23.8. The van der Waals surface area contributed by atoms with Crippen molar-refractivity contribution in [2.75, 3.05) is 11.1 Å². The van der Waals surface area contributed by atoms with E-state index in [0.717, 1.165) is 5.56 Å². The van der Waals surface area contributed by atoms with Crippen molar-refractivity contribution in [2.24, 2.45) is 0 Å². The molecule has 0 saturated carbocycles. The summed E-state index contributed by atoms with van der Waals surface area (Å²) in [6, 6.07) is 20.7. The van der Waals surface area contributed by atoms with E-state index < -0.39 is 0 Å². The second-order valence-electron chi connectivity index (χ2n) is 7.12. The number of nitriles is 1. The Hall–Kier alpha value is -3.94. The molecule has 8 nitrogen and oxygen atoms in total. The highest BCUT2D eigenvalue weighted by Gasteiger charge is 2.18. The summed E-state index contributed by atoms with van der Waals surface area (Å²) in [4.78, 5) is 25.7. The quantitative estimate of drug-likeness (QED) is 0.377. The number of hydrogen-bond acceptors (Lipinski definition) is 7. The largest absolute Gasteiger partial charge is 0.316 e. The number of thiophene rings is 1. The van der Waals surface area contributed by atoms with E-state index in [0.29, 0.717) is 38.9 Å². The average Bonchev–Trinajstić information content (AvgIpc) is 3.48. The van der Waals surface area contributed by atoms with Gasteiger partial charge in [0.15, 0.2) is 5.16 Å². The maximum Gasteiger partial charge on any atom is 0.263 e. The van der Waals surface area contributed by atoms with E-state index in [-0.39, 0.29) is 17.2 Å². The number of rotatable bonds is 6. The van der Waals surface area contributed by atoms with Crippen LogP contribution in [0.15, 0.2) is 76.0 Å². The predicted molar refractivity (Wildman–Crippen MR) is 129 cm³/mol. The molecular weight excluding hydrogens is 456 g/mol. The molecule has 33 heavy (non-hydrogen) atoms. The number of carbonyl (C=O) groups is 1. The number of aromatic nitrogens is 4. The van der Waals surface area contributed by atoms with Gasteiger partial charge in [0.25, 0.3) is 5.56 Å². The fourth-order valence-corrected chi connectivity index (χ4v) is 5.02. The Morgan fingerprint density at radius 1 is 1.09 bits per heavy atom. The van der Waals surface area contributed by atoms with Gasteiger partial charge in [-0.05, 0) is 29.1 Å². The van der Waals surface area contributed by atoms with Crippen molar-refractivity contribution in [1.29, 1.82) is 5.26 Å². The molecule has 0 fully saturated rings. The summed E-state index contributed by atoms with van der Waals surface area (Å²) in [6.45, 7) is 0.354. The third-order valence-electron chi connectivity index (χ3n) is 5.03. The molecule has 0 spiro atoms. The van der Waals surface area contributed by atoms with Crippen LogP contribution >= 0.6 is 23.1 Å². The number of thioether (sulfide) groups is 1. The Balaban J connectivity index is 1.51. The van der Waals surface area contributed by atoms with Gasteiger partial charge < -0.3 is 5.32 Å². The highest BCUT2D eigenvalue weighted by atomic mass is 32.2. The van der Waals surface area contributed by atoms with Crippen LogP contribution in [0.4, 0.5) is 5.00 Å². The van der Waals surface area contributed by atoms with Crippen molar-refractivity contribution in [1.82, 2.24) is 19.2 Å². The van der Waals surface area contributed by atoms with Gasteiger partial charge in [0.2, 0.25) is 11.7 Å². The molecule has 3 heterocycles. The summed E-state index contributed by atoms with van der Waals surface area (Å²) < 4.78 is 3.41. The van der Waals surface area contributed by atoms with Crippen molar-refractivity contribution in [3.8, 4) is 6.07 Å². The first-order valence-corrected chi connectivity index (χ1v) is 11.8. The zero-order valence-electron chi connectivity index (χ0n) is 17.1. The number of anilines is 1. The van der Waals surface area contributed by atoms with E-state index in [1.807, 2.05) is 52.9 Å². The lowest BCUT2D eigenvalue weighted by Gasteiger charge is -2.11. The van der Waals surface area contributed by atoms with Crippen LogP contribution in [0, 0.1) is 11.3 Å². The topological polar surface area (TPSA) is 105 Å². The number of fused-ring (bicyclic) bond motifs is 3. The number of benzene rings is 2. The molecule has 1 amide bonds. The van der Waals surface area contributed by atoms with Gasteiger partial charge in [0.1, 0.15) is 11.1 Å². The molecule has 0 aliphatic heterocycles. The second-order valence-corrected chi connectivity index (χ2v) is 8.98. The Kier molecular flexibility index (Phi) is 5.64. The maximum absolute atomic E-state index is 13.2. The number of nitrogens with zero attached hydrogens (tertiary/aromatic N) is 5. The van der Waals surface area contributed by atoms with Crippen molar-refractivity contribution in [2.45, 2.75) is 11.7 Å². The van der Waals surface area contributed by atoms with Gasteiger partial charge in [0.05, 0.1) is 28.8 Å². The molecule has 10 heteroatoms. The fraction of sp³-hybridized carbons (Fsp3) is 0.0870. The van der Waals surface area contributed by atoms with E-state index >= 15 is 0 Å². The Morgan fingerprint density at radius 2 is 1.88 bits per heavy atom. The van der Waals surface area contributed by atoms with Crippen LogP contribution in [0.1, 0.15) is 11.1 Å². The van der Waals surface area contributed by atoms with Gasteiger partial charge in [-0.25, -0.2) is 0 Å². The first kappa shape index (κ1) is 20.9. The van der Waals surface area contributed by atoms with Crippen molar-refractivity contribution < 1.29 is 4.79 Å². The third-order valence-corrected chi connectivity index (χ3v) is 6.79. The van der Waals surface area contributed by atoms with Crippen LogP contribution in [0.5, 0.6) is 0 Å². The number of nitrogens with one attached hydrogen (secondary N) is 1. The summed E-state index contributed by atoms with van der Waals surface area (Å²) >= 11 is 2.52. The van der Waals surface area contributed by atoms with Crippen LogP contribution in [-0.4, -0.2) is 30.8 Å². The molecule has 5 aromatic rings. The molecule has 0 saturated heterocycles. The molecule has 3 aromatic heterocycles. The van der Waals surface area contributed by atoms with Gasteiger partial charge in [-0.2, -0.15) is 5.26 Å². The lowest BCUT2D eigenvalue weighted by Crippen LogP contribution is -2.24. The summed E-state index contributed by atoms with van der Waals surface area (Å²) in [5.41, 5.74) is 1.94. The van der Waals surface area contributed by atoms with E-state index in [2.05, 4.69) is 21.6 Å². The molecule has 0 bridgehead atoms. The van der Waals surface area contributed by atoms with E-state index in [4.69, 9.17) is 5.26 Å². The lowest BCUT2D eigenvalue weighted by molar-refractivity contribution is -0.113. The highest BCUT2D eigenvalue weighted by molar-refractivity contribution is 7.99. The third kappa shape index (κ3) is 4.00.